The van der Waals surface area contributed by atoms with Gasteiger partial charge < -0.3 is 1.43 Å². The van der Waals surface area contributed by atoms with Gasteiger partial charge >= 0.3 is 51.4 Å². The van der Waals surface area contributed by atoms with Gasteiger partial charge in [-0.25, -0.2) is 0 Å². The van der Waals surface area contributed by atoms with E-state index in [-0.39, 0.29) is 70.1 Å². The largest absolute Gasteiger partial charge is 1.00 e. The maximum absolute atomic E-state index is 9.98. The standard InChI is InChI=1S/C4H6O2S.K.H/c1-3(5)2-4(6)7;;/h2H2,1H3,(H,6,7);;/q;+1;-1. The minimum atomic E-state index is -0.368. The van der Waals surface area contributed by atoms with Gasteiger partial charge in [0.25, 0.3) is 0 Å². The molecule has 0 fully saturated rings. The van der Waals surface area contributed by atoms with Crippen LogP contribution in [0.25, 0.3) is 0 Å². The van der Waals surface area contributed by atoms with Crippen LogP contribution >= 0.6 is 12.6 Å². The zero-order chi connectivity index (χ0) is 5.86. The van der Waals surface area contributed by atoms with Crippen LogP contribution in [-0.4, -0.2) is 10.9 Å². The average Bonchev–Trinajstić information content (AvgIpc) is 1.27. The summed E-state index contributed by atoms with van der Waals surface area (Å²) in [6.07, 6.45) is -0.0525. The van der Waals surface area contributed by atoms with E-state index in [2.05, 4.69) is 12.6 Å². The first kappa shape index (κ1) is 12.0. The normalized spacial score (nSPS) is 7.25. The van der Waals surface area contributed by atoms with Crippen molar-refractivity contribution >= 4 is 23.5 Å². The zero-order valence-corrected chi connectivity index (χ0v) is 8.99. The van der Waals surface area contributed by atoms with Crippen molar-refractivity contribution in [3.05, 3.63) is 0 Å². The molecule has 0 aromatic carbocycles. The van der Waals surface area contributed by atoms with E-state index in [9.17, 15) is 9.59 Å². The van der Waals surface area contributed by atoms with Crippen molar-refractivity contribution in [2.45, 2.75) is 13.3 Å². The predicted octanol–water partition coefficient (Wildman–Crippen LogP) is -2.46. The first-order valence-electron chi connectivity index (χ1n) is 1.84. The molecule has 0 atom stereocenters. The van der Waals surface area contributed by atoms with Gasteiger partial charge in [0.15, 0.2) is 5.12 Å². The Balaban J connectivity index is -0.000000180. The van der Waals surface area contributed by atoms with Crippen molar-refractivity contribution in [1.29, 1.82) is 0 Å². The van der Waals surface area contributed by atoms with Gasteiger partial charge in [-0.1, -0.05) is 0 Å². The molecule has 8 heavy (non-hydrogen) atoms. The van der Waals surface area contributed by atoms with E-state index in [4.69, 9.17) is 0 Å². The van der Waals surface area contributed by atoms with Gasteiger partial charge in [-0.2, -0.15) is 0 Å². The second kappa shape index (κ2) is 6.45. The molecule has 0 aliphatic carbocycles. The Labute approximate surface area is 97.7 Å². The summed E-state index contributed by atoms with van der Waals surface area (Å²) < 4.78 is 0. The van der Waals surface area contributed by atoms with E-state index in [0.29, 0.717) is 0 Å². The van der Waals surface area contributed by atoms with E-state index in [0.717, 1.165) is 0 Å². The molecule has 0 unspecified atom stereocenters. The minimum absolute atomic E-state index is 0. The molecule has 0 aromatic heterocycles. The Bertz CT molecular complexity index is 94.7. The molecule has 0 aromatic rings. The van der Waals surface area contributed by atoms with Crippen LogP contribution in [-0.2, 0) is 9.59 Å². The van der Waals surface area contributed by atoms with E-state index in [1.165, 1.54) is 6.92 Å². The van der Waals surface area contributed by atoms with E-state index >= 15 is 0 Å². The summed E-state index contributed by atoms with van der Waals surface area (Å²) >= 11 is 3.38. The first-order valence-corrected chi connectivity index (χ1v) is 2.29. The molecular formula is C4H7KO2S. The van der Waals surface area contributed by atoms with Gasteiger partial charge in [-0.15, -0.1) is 12.6 Å². The smallest absolute Gasteiger partial charge is 1.00 e. The molecule has 0 aliphatic rings. The van der Waals surface area contributed by atoms with Crippen molar-refractivity contribution in [1.82, 2.24) is 0 Å². The summed E-state index contributed by atoms with van der Waals surface area (Å²) in [4.78, 5) is 19.9. The summed E-state index contributed by atoms with van der Waals surface area (Å²) in [6.45, 7) is 1.36. The van der Waals surface area contributed by atoms with Crippen LogP contribution < -0.4 is 51.4 Å². The van der Waals surface area contributed by atoms with Crippen LogP contribution in [0.5, 0.6) is 0 Å². The Morgan fingerprint density at radius 3 is 2.00 bits per heavy atom. The molecule has 2 nitrogen and oxygen atoms in total. The minimum Gasteiger partial charge on any atom is -1.00 e. The number of carbonyl (C=O) groups excluding carboxylic acids is 2. The molecule has 0 spiro atoms. The van der Waals surface area contributed by atoms with E-state index in [1.54, 1.807) is 0 Å². The molecule has 0 saturated carbocycles. The number of carbonyl (C=O) groups is 2. The molecule has 0 aliphatic heterocycles. The van der Waals surface area contributed by atoms with Crippen molar-refractivity contribution in [2.24, 2.45) is 0 Å². The van der Waals surface area contributed by atoms with Crippen molar-refractivity contribution < 1.29 is 62.4 Å². The van der Waals surface area contributed by atoms with Crippen molar-refractivity contribution in [2.75, 3.05) is 0 Å². The summed E-state index contributed by atoms with van der Waals surface area (Å²) in [5.41, 5.74) is 0. The van der Waals surface area contributed by atoms with Gasteiger partial charge in [0.1, 0.15) is 5.78 Å². The zero-order valence-electron chi connectivity index (χ0n) is 5.97. The summed E-state index contributed by atoms with van der Waals surface area (Å²) in [7, 11) is 0. The molecule has 42 valence electrons. The third-order valence-corrected chi connectivity index (χ3v) is 0.558. The number of thiol groups is 1. The van der Waals surface area contributed by atoms with Gasteiger partial charge in [-0.05, 0) is 6.92 Å². The molecule has 0 N–H and O–H groups in total. The van der Waals surface area contributed by atoms with Crippen LogP contribution in [0.15, 0.2) is 0 Å². The summed E-state index contributed by atoms with van der Waals surface area (Å²) in [6, 6.07) is 0. The first-order chi connectivity index (χ1) is 3.13. The van der Waals surface area contributed by atoms with E-state index in [1.807, 2.05) is 0 Å². The Morgan fingerprint density at radius 2 is 2.00 bits per heavy atom. The SMILES string of the molecule is CC(=O)CC(=O)S.[H-].[K+]. The van der Waals surface area contributed by atoms with Crippen LogP contribution in [0.3, 0.4) is 0 Å². The van der Waals surface area contributed by atoms with Crippen LogP contribution in [0, 0.1) is 0 Å². The third kappa shape index (κ3) is 10.3. The Kier molecular flexibility index (Phi) is 9.71. The fourth-order valence-corrected chi connectivity index (χ4v) is 0.436. The predicted molar refractivity (Wildman–Crippen MR) is 30.4 cm³/mol. The van der Waals surface area contributed by atoms with Gasteiger partial charge in [0.05, 0.1) is 6.42 Å². The quantitative estimate of drug-likeness (QED) is 0.275. The number of hydrogen-bond donors (Lipinski definition) is 1. The van der Waals surface area contributed by atoms with Crippen molar-refractivity contribution in [3.8, 4) is 0 Å². The Morgan fingerprint density at radius 1 is 1.62 bits per heavy atom. The number of hydrogen-bond acceptors (Lipinski definition) is 2. The second-order valence-corrected chi connectivity index (χ2v) is 1.77. The van der Waals surface area contributed by atoms with Crippen LogP contribution in [0.1, 0.15) is 14.8 Å². The van der Waals surface area contributed by atoms with Crippen LogP contribution in [0.4, 0.5) is 0 Å². The molecule has 0 radical (unpaired) electrons. The molecule has 0 heterocycles. The fraction of sp³-hybridized carbons (Fsp3) is 0.500. The molecule has 0 bridgehead atoms. The molecule has 0 amide bonds. The molecule has 0 rings (SSSR count). The molecule has 0 saturated heterocycles. The maximum Gasteiger partial charge on any atom is 1.00 e. The summed E-state index contributed by atoms with van der Waals surface area (Å²) in [5.74, 6) is -0.139. The number of Topliss-reactive ketones (excluding diaryl/α,β-unsaturated/α-hetero) is 1. The monoisotopic (exact) mass is 158 g/mol. The topological polar surface area (TPSA) is 34.1 Å². The maximum atomic E-state index is 9.98. The van der Waals surface area contributed by atoms with Gasteiger partial charge in [0.2, 0.25) is 0 Å². The average molecular weight is 158 g/mol. The second-order valence-electron chi connectivity index (χ2n) is 1.27. The third-order valence-electron chi connectivity index (χ3n) is 0.400. The van der Waals surface area contributed by atoms with Gasteiger partial charge in [0, 0.05) is 0 Å². The summed E-state index contributed by atoms with van der Waals surface area (Å²) in [5, 5.41) is -0.368. The van der Waals surface area contributed by atoms with Crippen LogP contribution in [0.2, 0.25) is 0 Å². The number of ketones is 1. The fourth-order valence-electron chi connectivity index (χ4n) is 0.213. The molecular weight excluding hydrogens is 151 g/mol. The van der Waals surface area contributed by atoms with Crippen molar-refractivity contribution in [3.63, 3.8) is 0 Å². The Hall–Kier alpha value is 1.33. The van der Waals surface area contributed by atoms with E-state index < -0.39 is 0 Å². The molecule has 4 heteroatoms. The number of rotatable bonds is 2. The van der Waals surface area contributed by atoms with Gasteiger partial charge in [-0.3, -0.25) is 9.59 Å².